The Labute approximate surface area is 144 Å². The number of halogens is 1. The van der Waals surface area contributed by atoms with Crippen molar-refractivity contribution in [3.63, 3.8) is 0 Å². The van der Waals surface area contributed by atoms with Crippen LogP contribution in [0.3, 0.4) is 0 Å². The van der Waals surface area contributed by atoms with Gasteiger partial charge in [-0.05, 0) is 47.3 Å². The van der Waals surface area contributed by atoms with Crippen molar-refractivity contribution in [1.29, 1.82) is 0 Å². The lowest BCUT2D eigenvalue weighted by molar-refractivity contribution is 0.0954. The van der Waals surface area contributed by atoms with E-state index >= 15 is 0 Å². The molecule has 1 atom stereocenters. The summed E-state index contributed by atoms with van der Waals surface area (Å²) >= 11 is 3.38. The largest absolute Gasteiger partial charge is 0.354 e. The van der Waals surface area contributed by atoms with Gasteiger partial charge < -0.3 is 14.8 Å². The first-order valence-electron chi connectivity index (χ1n) is 7.73. The molecule has 1 aliphatic rings. The number of anilines is 1. The third kappa shape index (κ3) is 3.10. The second-order valence-corrected chi connectivity index (χ2v) is 6.60. The molecule has 0 unspecified atom stereocenters. The molecule has 2 aromatic heterocycles. The molecule has 3 rings (SSSR count). The summed E-state index contributed by atoms with van der Waals surface area (Å²) in [5.41, 5.74) is 1.79. The summed E-state index contributed by atoms with van der Waals surface area (Å²) in [5.74, 6) is 0.668. The molecule has 0 spiro atoms. The Morgan fingerprint density at radius 2 is 2.04 bits per heavy atom. The molecule has 1 aliphatic heterocycles. The minimum absolute atomic E-state index is 0.0685. The number of carbonyl (C=O) groups excluding carboxylic acids is 1. The van der Waals surface area contributed by atoms with Crippen LogP contribution in [0.2, 0.25) is 0 Å². The van der Waals surface area contributed by atoms with Gasteiger partial charge in [-0.1, -0.05) is 0 Å². The van der Waals surface area contributed by atoms with Crippen molar-refractivity contribution in [3.8, 4) is 0 Å². The summed E-state index contributed by atoms with van der Waals surface area (Å²) in [6.07, 6.45) is 6.87. The van der Waals surface area contributed by atoms with Gasteiger partial charge in [-0.25, -0.2) is 9.97 Å². The second kappa shape index (κ2) is 6.70. The third-order valence-electron chi connectivity index (χ3n) is 4.33. The molecule has 3 heterocycles. The summed E-state index contributed by atoms with van der Waals surface area (Å²) in [5, 5.41) is 2.68. The van der Waals surface area contributed by atoms with Crippen molar-refractivity contribution in [1.82, 2.24) is 19.9 Å². The van der Waals surface area contributed by atoms with Crippen molar-refractivity contribution < 1.29 is 4.79 Å². The standard InChI is InChI=1S/C16H20BrN5O/c1-18-15(23)14-7-6-12(21(14)2)13-5-3-4-8-22(13)16-19-9-11(17)10-20-16/h6-7,9-10,13H,3-5,8H2,1-2H3,(H,18,23)/t13-/m0/s1. The van der Waals surface area contributed by atoms with Crippen LogP contribution >= 0.6 is 15.9 Å². The van der Waals surface area contributed by atoms with E-state index in [4.69, 9.17) is 0 Å². The normalized spacial score (nSPS) is 18.0. The van der Waals surface area contributed by atoms with Gasteiger partial charge in [-0.15, -0.1) is 0 Å². The SMILES string of the molecule is CNC(=O)c1ccc([C@@H]2CCCCN2c2ncc(Br)cn2)n1C. The van der Waals surface area contributed by atoms with Crippen LogP contribution in [0.4, 0.5) is 5.95 Å². The van der Waals surface area contributed by atoms with Crippen LogP contribution in [0.5, 0.6) is 0 Å². The van der Waals surface area contributed by atoms with Gasteiger partial charge in [-0.3, -0.25) is 4.79 Å². The molecule has 0 bridgehead atoms. The molecule has 23 heavy (non-hydrogen) atoms. The summed E-state index contributed by atoms with van der Waals surface area (Å²) in [6, 6.07) is 4.10. The minimum Gasteiger partial charge on any atom is -0.354 e. The second-order valence-electron chi connectivity index (χ2n) is 5.69. The first kappa shape index (κ1) is 16.0. The number of carbonyl (C=O) groups is 1. The fraction of sp³-hybridized carbons (Fsp3) is 0.438. The Morgan fingerprint density at radius 1 is 1.30 bits per heavy atom. The number of nitrogens with one attached hydrogen (secondary N) is 1. The quantitative estimate of drug-likeness (QED) is 0.892. The predicted octanol–water partition coefficient (Wildman–Crippen LogP) is 2.67. The molecule has 7 heteroatoms. The van der Waals surface area contributed by atoms with Crippen molar-refractivity contribution in [3.05, 3.63) is 40.4 Å². The highest BCUT2D eigenvalue weighted by Crippen LogP contribution is 2.34. The van der Waals surface area contributed by atoms with Gasteiger partial charge in [0, 0.05) is 38.7 Å². The number of amides is 1. The topological polar surface area (TPSA) is 63.1 Å². The van der Waals surface area contributed by atoms with Crippen LogP contribution in [0.25, 0.3) is 0 Å². The fourth-order valence-corrected chi connectivity index (χ4v) is 3.35. The van der Waals surface area contributed by atoms with E-state index in [2.05, 4.69) is 36.1 Å². The maximum atomic E-state index is 11.9. The molecular formula is C16H20BrN5O. The molecule has 0 radical (unpaired) electrons. The fourth-order valence-electron chi connectivity index (χ4n) is 3.15. The molecular weight excluding hydrogens is 358 g/mol. The first-order valence-corrected chi connectivity index (χ1v) is 8.53. The van der Waals surface area contributed by atoms with Crippen LogP contribution in [-0.2, 0) is 7.05 Å². The summed E-state index contributed by atoms with van der Waals surface area (Å²) in [4.78, 5) is 23.1. The molecule has 0 saturated carbocycles. The van der Waals surface area contributed by atoms with Gasteiger partial charge in [-0.2, -0.15) is 0 Å². The molecule has 0 aromatic carbocycles. The Kier molecular flexibility index (Phi) is 4.66. The van der Waals surface area contributed by atoms with Crippen molar-refractivity contribution in [2.45, 2.75) is 25.3 Å². The number of rotatable bonds is 3. The molecule has 1 fully saturated rings. The Hall–Kier alpha value is -1.89. The number of hydrogen-bond donors (Lipinski definition) is 1. The number of hydrogen-bond acceptors (Lipinski definition) is 4. The van der Waals surface area contributed by atoms with E-state index in [1.165, 1.54) is 0 Å². The van der Waals surface area contributed by atoms with E-state index in [9.17, 15) is 4.79 Å². The molecule has 6 nitrogen and oxygen atoms in total. The third-order valence-corrected chi connectivity index (χ3v) is 4.74. The van der Waals surface area contributed by atoms with Gasteiger partial charge in [0.25, 0.3) is 5.91 Å². The van der Waals surface area contributed by atoms with Gasteiger partial charge in [0.2, 0.25) is 5.95 Å². The maximum absolute atomic E-state index is 11.9. The molecule has 0 aliphatic carbocycles. The van der Waals surface area contributed by atoms with E-state index in [0.29, 0.717) is 5.69 Å². The van der Waals surface area contributed by atoms with Crippen LogP contribution in [-0.4, -0.2) is 34.0 Å². The lowest BCUT2D eigenvalue weighted by atomic mass is 10.00. The minimum atomic E-state index is -0.0685. The maximum Gasteiger partial charge on any atom is 0.267 e. The van der Waals surface area contributed by atoms with Crippen molar-refractivity contribution >= 4 is 27.8 Å². The van der Waals surface area contributed by atoms with E-state index in [1.54, 1.807) is 19.4 Å². The monoisotopic (exact) mass is 377 g/mol. The Bertz CT molecular complexity index is 697. The van der Waals surface area contributed by atoms with Crippen LogP contribution < -0.4 is 10.2 Å². The zero-order valence-corrected chi connectivity index (χ0v) is 14.9. The van der Waals surface area contributed by atoms with E-state index in [1.807, 2.05) is 23.7 Å². The van der Waals surface area contributed by atoms with Crippen molar-refractivity contribution in [2.24, 2.45) is 7.05 Å². The summed E-state index contributed by atoms with van der Waals surface area (Å²) in [7, 11) is 3.59. The average Bonchev–Trinajstić information content (AvgIpc) is 2.96. The van der Waals surface area contributed by atoms with E-state index in [-0.39, 0.29) is 11.9 Å². The summed E-state index contributed by atoms with van der Waals surface area (Å²) < 4.78 is 2.84. The zero-order valence-electron chi connectivity index (χ0n) is 13.3. The average molecular weight is 378 g/mol. The Morgan fingerprint density at radius 3 is 2.74 bits per heavy atom. The number of nitrogens with zero attached hydrogens (tertiary/aromatic N) is 4. The molecule has 2 aromatic rings. The number of aromatic nitrogens is 3. The van der Waals surface area contributed by atoms with E-state index < -0.39 is 0 Å². The molecule has 1 N–H and O–H groups in total. The predicted molar refractivity (Wildman–Crippen MR) is 92.5 cm³/mol. The molecule has 1 saturated heterocycles. The Balaban J connectivity index is 1.94. The highest BCUT2D eigenvalue weighted by Gasteiger charge is 2.28. The van der Waals surface area contributed by atoms with E-state index in [0.717, 1.165) is 41.9 Å². The zero-order chi connectivity index (χ0) is 16.4. The summed E-state index contributed by atoms with van der Waals surface area (Å²) in [6.45, 7) is 0.923. The van der Waals surface area contributed by atoms with Crippen LogP contribution in [0.1, 0.15) is 41.5 Å². The van der Waals surface area contributed by atoms with Gasteiger partial charge in [0.15, 0.2) is 0 Å². The first-order chi connectivity index (χ1) is 11.1. The van der Waals surface area contributed by atoms with Gasteiger partial charge in [0.05, 0.1) is 10.5 Å². The molecule has 122 valence electrons. The lowest BCUT2D eigenvalue weighted by Gasteiger charge is -2.36. The van der Waals surface area contributed by atoms with Gasteiger partial charge in [0.1, 0.15) is 5.69 Å². The number of piperidine rings is 1. The van der Waals surface area contributed by atoms with Crippen LogP contribution in [0.15, 0.2) is 29.0 Å². The molecule has 1 amide bonds. The van der Waals surface area contributed by atoms with Crippen molar-refractivity contribution in [2.75, 3.05) is 18.5 Å². The van der Waals surface area contributed by atoms with Crippen LogP contribution in [0, 0.1) is 0 Å². The smallest absolute Gasteiger partial charge is 0.267 e. The van der Waals surface area contributed by atoms with Gasteiger partial charge >= 0.3 is 0 Å². The highest BCUT2D eigenvalue weighted by atomic mass is 79.9. The lowest BCUT2D eigenvalue weighted by Crippen LogP contribution is -2.36. The highest BCUT2D eigenvalue weighted by molar-refractivity contribution is 9.10.